The summed E-state index contributed by atoms with van der Waals surface area (Å²) in [6, 6.07) is 18.7. The molecule has 5 nitrogen and oxygen atoms in total. The lowest BCUT2D eigenvalue weighted by Crippen LogP contribution is -2.30. The number of furan rings is 1. The van der Waals surface area contributed by atoms with Gasteiger partial charge in [0.15, 0.2) is 5.82 Å². The Labute approximate surface area is 157 Å². The molecule has 0 fully saturated rings. The van der Waals surface area contributed by atoms with Crippen LogP contribution in [0, 0.1) is 0 Å². The molecule has 0 aliphatic carbocycles. The molecule has 128 valence electrons. The van der Waals surface area contributed by atoms with Crippen molar-refractivity contribution in [3.8, 4) is 11.3 Å². The van der Waals surface area contributed by atoms with E-state index in [0.29, 0.717) is 22.5 Å². The van der Waals surface area contributed by atoms with Gasteiger partial charge in [-0.1, -0.05) is 46.3 Å². The average Bonchev–Trinajstić information content (AvgIpc) is 3.13. The van der Waals surface area contributed by atoms with E-state index in [1.54, 1.807) is 30.4 Å². The Morgan fingerprint density at radius 1 is 1.00 bits per heavy atom. The fourth-order valence-electron chi connectivity index (χ4n) is 2.69. The molecule has 0 amide bonds. The van der Waals surface area contributed by atoms with E-state index in [-0.39, 0.29) is 5.56 Å². The van der Waals surface area contributed by atoms with Crippen LogP contribution in [0.2, 0.25) is 0 Å². The molecule has 4 aromatic rings. The van der Waals surface area contributed by atoms with E-state index in [0.717, 1.165) is 20.5 Å². The van der Waals surface area contributed by atoms with Gasteiger partial charge < -0.3 is 10.3 Å². The van der Waals surface area contributed by atoms with Crippen LogP contribution in [0.4, 0.5) is 0 Å². The van der Waals surface area contributed by atoms with Crippen molar-refractivity contribution in [2.75, 3.05) is 5.84 Å². The number of fused-ring (bicyclic) bond motifs is 1. The van der Waals surface area contributed by atoms with Gasteiger partial charge in [0.25, 0.3) is 5.56 Å². The summed E-state index contributed by atoms with van der Waals surface area (Å²) >= 11 is 3.52. The van der Waals surface area contributed by atoms with Crippen LogP contribution in [0.5, 0.6) is 0 Å². The summed E-state index contributed by atoms with van der Waals surface area (Å²) < 4.78 is 7.85. The highest BCUT2D eigenvalue weighted by Gasteiger charge is 2.08. The second-order valence-corrected chi connectivity index (χ2v) is 6.53. The molecule has 2 N–H and O–H groups in total. The molecule has 0 radical (unpaired) electrons. The SMILES string of the molecule is Nn1c(/C=C/c2ccc(-c3ccccc3Br)o2)nc2ccccc2c1=O. The van der Waals surface area contributed by atoms with Crippen molar-refractivity contribution < 1.29 is 4.42 Å². The number of nitrogens with zero attached hydrogens (tertiary/aromatic N) is 2. The smallest absolute Gasteiger partial charge is 0.280 e. The highest BCUT2D eigenvalue weighted by Crippen LogP contribution is 2.29. The zero-order chi connectivity index (χ0) is 18.1. The molecule has 0 spiro atoms. The summed E-state index contributed by atoms with van der Waals surface area (Å²) in [7, 11) is 0. The van der Waals surface area contributed by atoms with Crippen LogP contribution >= 0.6 is 15.9 Å². The molecule has 0 aliphatic heterocycles. The third-order valence-electron chi connectivity index (χ3n) is 4.00. The lowest BCUT2D eigenvalue weighted by molar-refractivity contribution is 0.572. The number of para-hydroxylation sites is 1. The van der Waals surface area contributed by atoms with Crippen molar-refractivity contribution in [3.05, 3.63) is 87.1 Å². The zero-order valence-electron chi connectivity index (χ0n) is 13.6. The summed E-state index contributed by atoms with van der Waals surface area (Å²) in [5.74, 6) is 7.62. The zero-order valence-corrected chi connectivity index (χ0v) is 15.2. The minimum absolute atomic E-state index is 0.288. The predicted octanol–water partition coefficient (Wildman–Crippen LogP) is 4.30. The van der Waals surface area contributed by atoms with Gasteiger partial charge in [-0.3, -0.25) is 4.79 Å². The second-order valence-electron chi connectivity index (χ2n) is 5.68. The number of nitrogens with two attached hydrogens (primary N) is 1. The number of nitrogen functional groups attached to an aromatic ring is 1. The molecule has 4 rings (SSSR count). The number of rotatable bonds is 3. The van der Waals surface area contributed by atoms with Crippen LogP contribution in [0.1, 0.15) is 11.6 Å². The van der Waals surface area contributed by atoms with Gasteiger partial charge in [-0.25, -0.2) is 9.66 Å². The van der Waals surface area contributed by atoms with Crippen LogP contribution in [-0.4, -0.2) is 9.66 Å². The van der Waals surface area contributed by atoms with Crippen molar-refractivity contribution in [3.63, 3.8) is 0 Å². The lowest BCUT2D eigenvalue weighted by Gasteiger charge is -2.04. The first-order valence-electron chi connectivity index (χ1n) is 7.93. The van der Waals surface area contributed by atoms with Crippen molar-refractivity contribution >= 4 is 39.0 Å². The topological polar surface area (TPSA) is 74.1 Å². The molecule has 0 atom stereocenters. The van der Waals surface area contributed by atoms with Crippen molar-refractivity contribution in [1.82, 2.24) is 9.66 Å². The van der Waals surface area contributed by atoms with Crippen molar-refractivity contribution in [1.29, 1.82) is 0 Å². The fraction of sp³-hybridized carbons (Fsp3) is 0. The molecule has 2 heterocycles. The maximum Gasteiger partial charge on any atom is 0.280 e. The van der Waals surface area contributed by atoms with Gasteiger partial charge in [0.1, 0.15) is 11.5 Å². The van der Waals surface area contributed by atoms with Gasteiger partial charge in [-0.05, 0) is 42.5 Å². The van der Waals surface area contributed by atoms with Crippen molar-refractivity contribution in [2.24, 2.45) is 0 Å². The third-order valence-corrected chi connectivity index (χ3v) is 4.69. The molecule has 2 aromatic heterocycles. The molecule has 26 heavy (non-hydrogen) atoms. The Bertz CT molecular complexity index is 1190. The van der Waals surface area contributed by atoms with Crippen LogP contribution in [0.15, 0.2) is 74.3 Å². The van der Waals surface area contributed by atoms with Gasteiger partial charge in [0.05, 0.1) is 10.9 Å². The van der Waals surface area contributed by atoms with Gasteiger partial charge in [-0.15, -0.1) is 0 Å². The highest BCUT2D eigenvalue weighted by atomic mass is 79.9. The monoisotopic (exact) mass is 407 g/mol. The molecule has 0 aliphatic rings. The highest BCUT2D eigenvalue weighted by molar-refractivity contribution is 9.10. The standard InChI is InChI=1S/C20H14BrN3O2/c21-16-7-3-1-5-14(16)18-11-9-13(26-18)10-12-19-23-17-8-4-2-6-15(17)20(25)24(19)22/h1-12H,22H2/b12-10+. The Balaban J connectivity index is 1.69. The Kier molecular flexibility index (Phi) is 4.18. The largest absolute Gasteiger partial charge is 0.457 e. The number of aromatic nitrogens is 2. The summed E-state index contributed by atoms with van der Waals surface area (Å²) in [6.45, 7) is 0. The fourth-order valence-corrected chi connectivity index (χ4v) is 3.17. The minimum Gasteiger partial charge on any atom is -0.457 e. The molecular formula is C20H14BrN3O2. The third kappa shape index (κ3) is 2.95. The summed E-state index contributed by atoms with van der Waals surface area (Å²) in [4.78, 5) is 16.8. The van der Waals surface area contributed by atoms with Gasteiger partial charge in [0, 0.05) is 10.0 Å². The van der Waals surface area contributed by atoms with Gasteiger partial charge in [0.2, 0.25) is 0 Å². The van der Waals surface area contributed by atoms with E-state index >= 15 is 0 Å². The van der Waals surface area contributed by atoms with E-state index < -0.39 is 0 Å². The molecule has 2 aromatic carbocycles. The Hall–Kier alpha value is -3.12. The first kappa shape index (κ1) is 16.4. The van der Waals surface area contributed by atoms with Crippen LogP contribution in [0.25, 0.3) is 34.4 Å². The van der Waals surface area contributed by atoms with Crippen LogP contribution in [0.3, 0.4) is 0 Å². The first-order chi connectivity index (χ1) is 12.6. The number of hydrogen-bond donors (Lipinski definition) is 1. The molecule has 0 saturated heterocycles. The maximum atomic E-state index is 12.3. The molecule has 0 bridgehead atoms. The predicted molar refractivity (Wildman–Crippen MR) is 107 cm³/mol. The Morgan fingerprint density at radius 3 is 2.62 bits per heavy atom. The second kappa shape index (κ2) is 6.65. The normalized spacial score (nSPS) is 11.4. The number of benzene rings is 2. The first-order valence-corrected chi connectivity index (χ1v) is 8.72. The summed E-state index contributed by atoms with van der Waals surface area (Å²) in [5.41, 5.74) is 1.28. The lowest BCUT2D eigenvalue weighted by atomic mass is 10.2. The average molecular weight is 408 g/mol. The molecule has 6 heteroatoms. The summed E-state index contributed by atoms with van der Waals surface area (Å²) in [5, 5.41) is 0.487. The van der Waals surface area contributed by atoms with E-state index in [4.69, 9.17) is 10.3 Å². The van der Waals surface area contributed by atoms with E-state index in [2.05, 4.69) is 20.9 Å². The molecule has 0 unspecified atom stereocenters. The maximum absolute atomic E-state index is 12.3. The van der Waals surface area contributed by atoms with E-state index in [1.165, 1.54) is 0 Å². The summed E-state index contributed by atoms with van der Waals surface area (Å²) in [6.07, 6.45) is 3.40. The van der Waals surface area contributed by atoms with Crippen LogP contribution in [-0.2, 0) is 0 Å². The van der Waals surface area contributed by atoms with Gasteiger partial charge >= 0.3 is 0 Å². The van der Waals surface area contributed by atoms with E-state index in [9.17, 15) is 4.79 Å². The van der Waals surface area contributed by atoms with Crippen LogP contribution < -0.4 is 11.4 Å². The quantitative estimate of drug-likeness (QED) is 0.513. The molecular weight excluding hydrogens is 394 g/mol. The van der Waals surface area contributed by atoms with Gasteiger partial charge in [-0.2, -0.15) is 0 Å². The number of hydrogen-bond acceptors (Lipinski definition) is 4. The van der Waals surface area contributed by atoms with E-state index in [1.807, 2.05) is 42.5 Å². The minimum atomic E-state index is -0.288. The number of halogens is 1. The molecule has 0 saturated carbocycles. The van der Waals surface area contributed by atoms with Crippen molar-refractivity contribution in [2.45, 2.75) is 0 Å². The Morgan fingerprint density at radius 2 is 1.77 bits per heavy atom.